The van der Waals surface area contributed by atoms with Crippen LogP contribution in [0, 0.1) is 10.1 Å². The van der Waals surface area contributed by atoms with Crippen molar-refractivity contribution in [3.8, 4) is 0 Å². The lowest BCUT2D eigenvalue weighted by molar-refractivity contribution is -0.384. The van der Waals surface area contributed by atoms with Gasteiger partial charge in [0.2, 0.25) is 0 Å². The molecule has 2 amide bonds. The zero-order valence-corrected chi connectivity index (χ0v) is 15.3. The Labute approximate surface area is 153 Å². The third-order valence-electron chi connectivity index (χ3n) is 4.14. The predicted molar refractivity (Wildman–Crippen MR) is 104 cm³/mol. The first-order valence-electron chi connectivity index (χ1n) is 8.55. The molecule has 138 valence electrons. The molecule has 7 heteroatoms. The number of urea groups is 1. The quantitative estimate of drug-likeness (QED) is 0.598. The molecule has 2 aromatic rings. The second-order valence-electron chi connectivity index (χ2n) is 5.93. The summed E-state index contributed by atoms with van der Waals surface area (Å²) in [4.78, 5) is 26.4. The van der Waals surface area contributed by atoms with Crippen molar-refractivity contribution in [3.63, 3.8) is 0 Å². The minimum Gasteiger partial charge on any atom is -0.372 e. The topological polar surface area (TPSA) is 78.7 Å². The van der Waals surface area contributed by atoms with Crippen molar-refractivity contribution in [3.05, 3.63) is 64.2 Å². The number of nitrogens with one attached hydrogen (secondary N) is 1. The maximum Gasteiger partial charge on any atom is 0.321 e. The molecule has 0 aliphatic rings. The minimum absolute atomic E-state index is 0.0579. The zero-order valence-electron chi connectivity index (χ0n) is 15.3. The number of hydrogen-bond donors (Lipinski definition) is 1. The largest absolute Gasteiger partial charge is 0.372 e. The van der Waals surface area contributed by atoms with Crippen LogP contribution < -0.4 is 10.2 Å². The van der Waals surface area contributed by atoms with Crippen LogP contribution in [0.25, 0.3) is 0 Å². The molecule has 7 nitrogen and oxygen atoms in total. The van der Waals surface area contributed by atoms with Gasteiger partial charge in [0.25, 0.3) is 5.69 Å². The lowest BCUT2D eigenvalue weighted by atomic mass is 10.2. The normalized spacial score (nSPS) is 10.3. The van der Waals surface area contributed by atoms with Crippen molar-refractivity contribution in [1.82, 2.24) is 4.90 Å². The van der Waals surface area contributed by atoms with Gasteiger partial charge in [-0.15, -0.1) is 0 Å². The Balaban J connectivity index is 1.98. The Kier molecular flexibility index (Phi) is 6.54. The summed E-state index contributed by atoms with van der Waals surface area (Å²) < 4.78 is 0. The number of nitrogens with zero attached hydrogens (tertiary/aromatic N) is 3. The van der Waals surface area contributed by atoms with Crippen LogP contribution in [0.5, 0.6) is 0 Å². The van der Waals surface area contributed by atoms with Crippen LogP contribution in [0.3, 0.4) is 0 Å². The van der Waals surface area contributed by atoms with Gasteiger partial charge in [0.1, 0.15) is 0 Å². The van der Waals surface area contributed by atoms with Crippen LogP contribution in [0.15, 0.2) is 48.5 Å². The molecular formula is C19H24N4O3. The Hall–Kier alpha value is -3.09. The molecule has 0 aliphatic carbocycles. The van der Waals surface area contributed by atoms with E-state index in [1.165, 1.54) is 17.0 Å². The van der Waals surface area contributed by atoms with Crippen LogP contribution in [0.2, 0.25) is 0 Å². The Bertz CT molecular complexity index is 758. The van der Waals surface area contributed by atoms with Crippen LogP contribution in [-0.4, -0.2) is 36.0 Å². The highest BCUT2D eigenvalue weighted by molar-refractivity contribution is 5.89. The second kappa shape index (κ2) is 8.84. The van der Waals surface area contributed by atoms with Gasteiger partial charge in [-0.2, -0.15) is 0 Å². The van der Waals surface area contributed by atoms with E-state index in [9.17, 15) is 14.9 Å². The number of amides is 2. The van der Waals surface area contributed by atoms with E-state index in [2.05, 4.69) is 36.2 Å². The van der Waals surface area contributed by atoms with E-state index in [1.54, 1.807) is 19.2 Å². The lowest BCUT2D eigenvalue weighted by Gasteiger charge is -2.22. The van der Waals surface area contributed by atoms with E-state index < -0.39 is 4.92 Å². The molecule has 0 bridgehead atoms. The summed E-state index contributed by atoms with van der Waals surface area (Å²) in [5, 5.41) is 13.5. The highest BCUT2D eigenvalue weighted by Gasteiger charge is 2.12. The van der Waals surface area contributed by atoms with E-state index in [0.717, 1.165) is 24.3 Å². The number of rotatable bonds is 7. The summed E-state index contributed by atoms with van der Waals surface area (Å²) >= 11 is 0. The average Bonchev–Trinajstić information content (AvgIpc) is 2.64. The maximum atomic E-state index is 12.3. The number of non-ortho nitro benzene ring substituents is 1. The molecule has 0 aliphatic heterocycles. The Morgan fingerprint density at radius 2 is 1.77 bits per heavy atom. The summed E-state index contributed by atoms with van der Waals surface area (Å²) in [6.45, 7) is 6.56. The zero-order chi connectivity index (χ0) is 19.1. The van der Waals surface area contributed by atoms with E-state index in [4.69, 9.17) is 0 Å². The number of hydrogen-bond acceptors (Lipinski definition) is 4. The first-order chi connectivity index (χ1) is 12.4. The monoisotopic (exact) mass is 356 g/mol. The molecule has 0 atom stereocenters. The predicted octanol–water partition coefficient (Wildman–Crippen LogP) is 4.10. The molecule has 0 saturated carbocycles. The van der Waals surface area contributed by atoms with Crippen molar-refractivity contribution < 1.29 is 9.72 Å². The van der Waals surface area contributed by atoms with Crippen molar-refractivity contribution in [2.45, 2.75) is 20.4 Å². The Morgan fingerprint density at radius 3 is 2.35 bits per heavy atom. The van der Waals surface area contributed by atoms with Gasteiger partial charge < -0.3 is 15.1 Å². The first kappa shape index (κ1) is 19.2. The van der Waals surface area contributed by atoms with Crippen LogP contribution in [-0.2, 0) is 6.54 Å². The molecule has 0 heterocycles. The molecular weight excluding hydrogens is 332 g/mol. The number of carbonyl (C=O) groups excluding carboxylic acids is 1. The summed E-state index contributed by atoms with van der Waals surface area (Å²) in [6, 6.07) is 13.7. The third kappa shape index (κ3) is 4.95. The van der Waals surface area contributed by atoms with Gasteiger partial charge in [-0.3, -0.25) is 10.1 Å². The molecule has 2 aromatic carbocycles. The van der Waals surface area contributed by atoms with Gasteiger partial charge in [-0.05, 0) is 37.6 Å². The van der Waals surface area contributed by atoms with Gasteiger partial charge in [-0.1, -0.05) is 18.2 Å². The fourth-order valence-electron chi connectivity index (χ4n) is 2.66. The third-order valence-corrected chi connectivity index (χ3v) is 4.14. The number of nitro benzene ring substituents is 1. The molecule has 26 heavy (non-hydrogen) atoms. The smallest absolute Gasteiger partial charge is 0.321 e. The van der Waals surface area contributed by atoms with Gasteiger partial charge in [0.05, 0.1) is 4.92 Å². The fourth-order valence-corrected chi connectivity index (χ4v) is 2.66. The molecule has 1 N–H and O–H groups in total. The second-order valence-corrected chi connectivity index (χ2v) is 5.93. The van der Waals surface area contributed by atoms with Gasteiger partial charge in [0, 0.05) is 50.2 Å². The lowest BCUT2D eigenvalue weighted by Crippen LogP contribution is -2.30. The van der Waals surface area contributed by atoms with Crippen molar-refractivity contribution in [2.24, 2.45) is 0 Å². The molecule has 0 fully saturated rings. The standard InChI is InChI=1S/C19H24N4O3/c1-4-22(5-2)17-11-9-15(10-12-17)14-21(3)19(24)20-16-7-6-8-18(13-16)23(25)26/h6-13H,4-5,14H2,1-3H3,(H,20,24). The van der Waals surface area contributed by atoms with Crippen LogP contribution in [0.1, 0.15) is 19.4 Å². The average molecular weight is 356 g/mol. The molecule has 0 spiro atoms. The van der Waals surface area contributed by atoms with E-state index in [1.807, 2.05) is 12.1 Å². The van der Waals surface area contributed by atoms with Gasteiger partial charge in [-0.25, -0.2) is 4.79 Å². The van der Waals surface area contributed by atoms with Gasteiger partial charge in [0.15, 0.2) is 0 Å². The highest BCUT2D eigenvalue weighted by atomic mass is 16.6. The first-order valence-corrected chi connectivity index (χ1v) is 8.55. The Morgan fingerprint density at radius 1 is 1.12 bits per heavy atom. The van der Waals surface area contributed by atoms with Crippen LogP contribution in [0.4, 0.5) is 21.9 Å². The van der Waals surface area contributed by atoms with Crippen molar-refractivity contribution >= 4 is 23.1 Å². The number of anilines is 2. The fraction of sp³-hybridized carbons (Fsp3) is 0.316. The number of nitro groups is 1. The molecule has 0 aromatic heterocycles. The molecule has 0 saturated heterocycles. The molecule has 0 unspecified atom stereocenters. The van der Waals surface area contributed by atoms with Gasteiger partial charge >= 0.3 is 6.03 Å². The highest BCUT2D eigenvalue weighted by Crippen LogP contribution is 2.18. The summed E-state index contributed by atoms with van der Waals surface area (Å²) in [6.07, 6.45) is 0. The van der Waals surface area contributed by atoms with E-state index in [0.29, 0.717) is 12.2 Å². The van der Waals surface area contributed by atoms with Crippen LogP contribution >= 0.6 is 0 Å². The minimum atomic E-state index is -0.489. The van der Waals surface area contributed by atoms with Crippen molar-refractivity contribution in [1.29, 1.82) is 0 Å². The van der Waals surface area contributed by atoms with E-state index in [-0.39, 0.29) is 11.7 Å². The molecule has 2 rings (SSSR count). The van der Waals surface area contributed by atoms with Crippen molar-refractivity contribution in [2.75, 3.05) is 30.4 Å². The summed E-state index contributed by atoms with van der Waals surface area (Å²) in [7, 11) is 1.69. The SMILES string of the molecule is CCN(CC)c1ccc(CN(C)C(=O)Nc2cccc([N+](=O)[O-])c2)cc1. The number of benzene rings is 2. The summed E-state index contributed by atoms with van der Waals surface area (Å²) in [5.41, 5.74) is 2.51. The summed E-state index contributed by atoms with van der Waals surface area (Å²) in [5.74, 6) is 0. The van der Waals surface area contributed by atoms with E-state index >= 15 is 0 Å². The maximum absolute atomic E-state index is 12.3. The number of carbonyl (C=O) groups is 1. The molecule has 0 radical (unpaired) electrons.